The topological polar surface area (TPSA) is 78.7 Å². The lowest BCUT2D eigenvalue weighted by atomic mass is 10.1. The summed E-state index contributed by atoms with van der Waals surface area (Å²) in [5.74, 6) is -0.0758. The molecule has 20 heavy (non-hydrogen) atoms. The Hall–Kier alpha value is -2.26. The molecule has 0 radical (unpaired) electrons. The third kappa shape index (κ3) is 3.87. The molecule has 1 heterocycles. The molecule has 0 aliphatic carbocycles. The maximum atomic E-state index is 11.8. The van der Waals surface area contributed by atoms with Gasteiger partial charge in [0.05, 0.1) is 11.6 Å². The van der Waals surface area contributed by atoms with Crippen molar-refractivity contribution in [3.63, 3.8) is 0 Å². The fourth-order valence-electron chi connectivity index (χ4n) is 1.63. The van der Waals surface area contributed by atoms with Crippen molar-refractivity contribution in [1.29, 1.82) is 5.26 Å². The molecule has 0 aliphatic rings. The summed E-state index contributed by atoms with van der Waals surface area (Å²) in [6.07, 6.45) is 1.84. The highest BCUT2D eigenvalue weighted by atomic mass is 32.1. The first kappa shape index (κ1) is 14.2. The Morgan fingerprint density at radius 3 is 2.70 bits per heavy atom. The Balaban J connectivity index is 1.84. The summed E-state index contributed by atoms with van der Waals surface area (Å²) in [4.78, 5) is 11.8. The van der Waals surface area contributed by atoms with Gasteiger partial charge in [0.15, 0.2) is 0 Å². The standard InChI is InChI=1S/C14H14N4OS/c1-2-13-17-18-14(20-13)16-12(19)8-7-10-3-5-11(9-15)6-4-10/h3-6H,2,7-8H2,1H3,(H,16,18,19). The van der Waals surface area contributed by atoms with E-state index in [0.29, 0.717) is 23.5 Å². The number of amides is 1. The molecule has 0 atom stereocenters. The van der Waals surface area contributed by atoms with Crippen LogP contribution in [0.1, 0.15) is 29.5 Å². The van der Waals surface area contributed by atoms with E-state index < -0.39 is 0 Å². The summed E-state index contributed by atoms with van der Waals surface area (Å²) in [6.45, 7) is 2.00. The average molecular weight is 286 g/mol. The highest BCUT2D eigenvalue weighted by molar-refractivity contribution is 7.15. The second kappa shape index (κ2) is 6.78. The molecule has 1 aromatic carbocycles. The number of nitrogens with zero attached hydrogens (tertiary/aromatic N) is 3. The van der Waals surface area contributed by atoms with Crippen LogP contribution in [-0.4, -0.2) is 16.1 Å². The van der Waals surface area contributed by atoms with Gasteiger partial charge in [-0.3, -0.25) is 4.79 Å². The van der Waals surface area contributed by atoms with Gasteiger partial charge in [0, 0.05) is 6.42 Å². The molecule has 0 fully saturated rings. The van der Waals surface area contributed by atoms with E-state index in [4.69, 9.17) is 5.26 Å². The van der Waals surface area contributed by atoms with Gasteiger partial charge in [0.25, 0.3) is 0 Å². The largest absolute Gasteiger partial charge is 0.301 e. The van der Waals surface area contributed by atoms with E-state index in [1.807, 2.05) is 19.1 Å². The summed E-state index contributed by atoms with van der Waals surface area (Å²) in [6, 6.07) is 9.31. The van der Waals surface area contributed by atoms with Crippen molar-refractivity contribution in [1.82, 2.24) is 10.2 Å². The molecule has 102 valence electrons. The number of hydrogen-bond acceptors (Lipinski definition) is 5. The van der Waals surface area contributed by atoms with E-state index in [-0.39, 0.29) is 5.91 Å². The van der Waals surface area contributed by atoms with E-state index in [0.717, 1.165) is 17.0 Å². The van der Waals surface area contributed by atoms with Gasteiger partial charge in [-0.1, -0.05) is 30.4 Å². The molecule has 6 heteroatoms. The van der Waals surface area contributed by atoms with Crippen molar-refractivity contribution >= 4 is 22.4 Å². The first-order chi connectivity index (χ1) is 9.71. The number of benzene rings is 1. The molecule has 0 unspecified atom stereocenters. The van der Waals surface area contributed by atoms with E-state index in [1.165, 1.54) is 11.3 Å². The molecule has 0 bridgehead atoms. The minimum absolute atomic E-state index is 0.0758. The van der Waals surface area contributed by atoms with Gasteiger partial charge in [-0.2, -0.15) is 5.26 Å². The zero-order valence-corrected chi connectivity index (χ0v) is 11.9. The molecule has 1 aromatic heterocycles. The fourth-order valence-corrected chi connectivity index (χ4v) is 2.33. The number of carbonyl (C=O) groups excluding carboxylic acids is 1. The van der Waals surface area contributed by atoms with Gasteiger partial charge in [-0.25, -0.2) is 0 Å². The smallest absolute Gasteiger partial charge is 0.226 e. The molecular weight excluding hydrogens is 272 g/mol. The number of hydrogen-bond donors (Lipinski definition) is 1. The van der Waals surface area contributed by atoms with Crippen LogP contribution in [0.2, 0.25) is 0 Å². The SMILES string of the molecule is CCc1nnc(NC(=O)CCc2ccc(C#N)cc2)s1. The molecule has 5 nitrogen and oxygen atoms in total. The van der Waals surface area contributed by atoms with E-state index in [9.17, 15) is 4.79 Å². The number of nitriles is 1. The maximum absolute atomic E-state index is 11.8. The number of rotatable bonds is 5. The van der Waals surface area contributed by atoms with Gasteiger partial charge in [-0.15, -0.1) is 10.2 Å². The van der Waals surface area contributed by atoms with Gasteiger partial charge in [-0.05, 0) is 30.5 Å². The first-order valence-corrected chi connectivity index (χ1v) is 7.14. The van der Waals surface area contributed by atoms with Crippen LogP contribution in [0, 0.1) is 11.3 Å². The summed E-state index contributed by atoms with van der Waals surface area (Å²) in [7, 11) is 0. The third-order valence-corrected chi connectivity index (χ3v) is 3.72. The molecular formula is C14H14N4OS. The quantitative estimate of drug-likeness (QED) is 0.916. The Morgan fingerprint density at radius 2 is 2.10 bits per heavy atom. The van der Waals surface area contributed by atoms with Crippen LogP contribution in [0.25, 0.3) is 0 Å². The second-order valence-electron chi connectivity index (χ2n) is 4.21. The number of nitrogens with one attached hydrogen (secondary N) is 1. The van der Waals surface area contributed by atoms with E-state index in [1.54, 1.807) is 12.1 Å². The first-order valence-electron chi connectivity index (χ1n) is 6.32. The van der Waals surface area contributed by atoms with Gasteiger partial charge < -0.3 is 5.32 Å². The molecule has 0 spiro atoms. The average Bonchev–Trinajstić information content (AvgIpc) is 2.93. The minimum Gasteiger partial charge on any atom is -0.301 e. The normalized spacial score (nSPS) is 10.0. The van der Waals surface area contributed by atoms with Crippen LogP contribution in [-0.2, 0) is 17.6 Å². The third-order valence-electron chi connectivity index (χ3n) is 2.74. The molecule has 1 N–H and O–H groups in total. The van der Waals surface area contributed by atoms with Gasteiger partial charge >= 0.3 is 0 Å². The molecule has 0 saturated carbocycles. The lowest BCUT2D eigenvalue weighted by Gasteiger charge is -2.02. The van der Waals surface area contributed by atoms with Gasteiger partial charge in [0.1, 0.15) is 5.01 Å². The van der Waals surface area contributed by atoms with Crippen LogP contribution in [0.3, 0.4) is 0 Å². The maximum Gasteiger partial charge on any atom is 0.226 e. The van der Waals surface area contributed by atoms with Crippen molar-refractivity contribution < 1.29 is 4.79 Å². The van der Waals surface area contributed by atoms with Crippen LogP contribution < -0.4 is 5.32 Å². The van der Waals surface area contributed by atoms with Gasteiger partial charge in [0.2, 0.25) is 11.0 Å². The predicted molar refractivity (Wildman–Crippen MR) is 77.4 cm³/mol. The van der Waals surface area contributed by atoms with Crippen LogP contribution in [0.5, 0.6) is 0 Å². The van der Waals surface area contributed by atoms with Crippen LogP contribution in [0.15, 0.2) is 24.3 Å². The zero-order valence-electron chi connectivity index (χ0n) is 11.1. The Kier molecular flexibility index (Phi) is 4.80. The van der Waals surface area contributed by atoms with Crippen molar-refractivity contribution in [2.24, 2.45) is 0 Å². The second-order valence-corrected chi connectivity index (χ2v) is 5.27. The minimum atomic E-state index is -0.0758. The van der Waals surface area contributed by atoms with Crippen molar-refractivity contribution in [2.45, 2.75) is 26.2 Å². The fraction of sp³-hybridized carbons (Fsp3) is 0.286. The number of carbonyl (C=O) groups is 1. The molecule has 2 aromatic rings. The van der Waals surface area contributed by atoms with Crippen LogP contribution in [0.4, 0.5) is 5.13 Å². The molecule has 0 saturated heterocycles. The summed E-state index contributed by atoms with van der Waals surface area (Å²) < 4.78 is 0. The summed E-state index contributed by atoms with van der Waals surface area (Å²) in [5, 5.41) is 20.8. The Morgan fingerprint density at radius 1 is 1.35 bits per heavy atom. The number of anilines is 1. The Labute approximate surface area is 121 Å². The van der Waals surface area contributed by atoms with Crippen molar-refractivity contribution in [3.8, 4) is 6.07 Å². The Bertz CT molecular complexity index is 627. The van der Waals surface area contributed by atoms with Crippen LogP contribution >= 0.6 is 11.3 Å². The molecule has 0 aliphatic heterocycles. The lowest BCUT2D eigenvalue weighted by molar-refractivity contribution is -0.116. The number of aryl methyl sites for hydroxylation is 2. The highest BCUT2D eigenvalue weighted by Crippen LogP contribution is 2.16. The molecule has 2 rings (SSSR count). The lowest BCUT2D eigenvalue weighted by Crippen LogP contribution is -2.12. The van der Waals surface area contributed by atoms with Crippen molar-refractivity contribution in [2.75, 3.05) is 5.32 Å². The zero-order chi connectivity index (χ0) is 14.4. The molecule has 1 amide bonds. The van der Waals surface area contributed by atoms with E-state index >= 15 is 0 Å². The number of aromatic nitrogens is 2. The summed E-state index contributed by atoms with van der Waals surface area (Å²) >= 11 is 1.40. The predicted octanol–water partition coefficient (Wildman–Crippen LogP) is 2.54. The summed E-state index contributed by atoms with van der Waals surface area (Å²) in [5.41, 5.74) is 1.66. The van der Waals surface area contributed by atoms with Crippen molar-refractivity contribution in [3.05, 3.63) is 40.4 Å². The highest BCUT2D eigenvalue weighted by Gasteiger charge is 2.07. The van der Waals surface area contributed by atoms with E-state index in [2.05, 4.69) is 21.6 Å². The monoisotopic (exact) mass is 286 g/mol.